The zero-order chi connectivity index (χ0) is 20.5. The van der Waals surface area contributed by atoms with Crippen LogP contribution in [0, 0.1) is 5.41 Å². The number of morpholine rings is 1. The molecule has 0 radical (unpaired) electrons. The van der Waals surface area contributed by atoms with Gasteiger partial charge in [0, 0.05) is 51.4 Å². The van der Waals surface area contributed by atoms with Crippen molar-refractivity contribution in [2.24, 2.45) is 10.4 Å². The molecule has 2 saturated heterocycles. The van der Waals surface area contributed by atoms with Gasteiger partial charge in [-0.1, -0.05) is 30.3 Å². The Hall–Kier alpha value is -1.64. The fraction of sp³-hybridized carbons (Fsp3) is 0.667. The van der Waals surface area contributed by atoms with E-state index < -0.39 is 9.84 Å². The monoisotopic (exact) mass is 420 g/mol. The van der Waals surface area contributed by atoms with Crippen LogP contribution in [-0.4, -0.2) is 88.2 Å². The first-order valence-electron chi connectivity index (χ1n) is 10.4. The lowest BCUT2D eigenvalue weighted by Crippen LogP contribution is -2.50. The molecule has 1 N–H and O–H groups in total. The van der Waals surface area contributed by atoms with E-state index in [1.807, 2.05) is 0 Å². The molecule has 2 atom stereocenters. The van der Waals surface area contributed by atoms with E-state index >= 15 is 0 Å². The van der Waals surface area contributed by atoms with Gasteiger partial charge in [0.1, 0.15) is 9.84 Å². The SMILES string of the molecule is CN=C(NCC1(CS(C)(=O)=O)CC1)N1CC2OCCN(Cc3ccccc3)C2C1. The van der Waals surface area contributed by atoms with Crippen LogP contribution in [0.3, 0.4) is 0 Å². The van der Waals surface area contributed by atoms with Gasteiger partial charge in [-0.2, -0.15) is 0 Å². The predicted octanol–water partition coefficient (Wildman–Crippen LogP) is 0.972. The van der Waals surface area contributed by atoms with Crippen LogP contribution in [0.25, 0.3) is 0 Å². The van der Waals surface area contributed by atoms with E-state index in [-0.39, 0.29) is 17.3 Å². The Balaban J connectivity index is 1.37. The highest BCUT2D eigenvalue weighted by Gasteiger charge is 2.46. The Labute approximate surface area is 174 Å². The number of nitrogens with one attached hydrogen (secondary N) is 1. The van der Waals surface area contributed by atoms with Gasteiger partial charge >= 0.3 is 0 Å². The summed E-state index contributed by atoms with van der Waals surface area (Å²) in [6.45, 7) is 4.97. The molecule has 0 aromatic heterocycles. The molecule has 0 bridgehead atoms. The lowest BCUT2D eigenvalue weighted by molar-refractivity contribution is -0.0502. The van der Waals surface area contributed by atoms with E-state index in [1.54, 1.807) is 7.05 Å². The highest BCUT2D eigenvalue weighted by molar-refractivity contribution is 7.90. The van der Waals surface area contributed by atoms with Crippen LogP contribution in [0.5, 0.6) is 0 Å². The molecule has 29 heavy (non-hydrogen) atoms. The van der Waals surface area contributed by atoms with Gasteiger partial charge in [-0.3, -0.25) is 9.89 Å². The van der Waals surface area contributed by atoms with Crippen LogP contribution in [0.4, 0.5) is 0 Å². The van der Waals surface area contributed by atoms with Gasteiger partial charge in [-0.25, -0.2) is 8.42 Å². The summed E-state index contributed by atoms with van der Waals surface area (Å²) in [5, 5.41) is 3.45. The van der Waals surface area contributed by atoms with E-state index in [0.29, 0.717) is 12.6 Å². The number of likely N-dealkylation sites (tertiary alicyclic amines) is 1. The number of fused-ring (bicyclic) bond motifs is 1. The third kappa shape index (κ3) is 5.10. The minimum absolute atomic E-state index is 0.119. The standard InChI is InChI=1S/C21H32N4O3S/c1-22-20(23-15-21(8-9-21)16-29(2,26)27)25-13-18-19(14-25)28-11-10-24(18)12-17-6-4-3-5-7-17/h3-7,18-19H,8-16H2,1-2H3,(H,22,23). The van der Waals surface area contributed by atoms with Crippen molar-refractivity contribution in [3.63, 3.8) is 0 Å². The second-order valence-electron chi connectivity index (χ2n) is 8.81. The van der Waals surface area contributed by atoms with Crippen molar-refractivity contribution < 1.29 is 13.2 Å². The van der Waals surface area contributed by atoms with Crippen LogP contribution < -0.4 is 5.32 Å². The molecule has 1 aliphatic carbocycles. The van der Waals surface area contributed by atoms with Gasteiger partial charge in [0.05, 0.1) is 24.5 Å². The first-order chi connectivity index (χ1) is 13.9. The van der Waals surface area contributed by atoms with E-state index in [9.17, 15) is 8.42 Å². The molecule has 3 fully saturated rings. The fourth-order valence-corrected chi connectivity index (χ4v) is 6.15. The summed E-state index contributed by atoms with van der Waals surface area (Å²) in [5.41, 5.74) is 1.21. The molecule has 1 saturated carbocycles. The number of aliphatic imine (C=N–C) groups is 1. The summed E-state index contributed by atoms with van der Waals surface area (Å²) < 4.78 is 29.5. The first kappa shape index (κ1) is 20.6. The Bertz CT molecular complexity index is 839. The fourth-order valence-electron chi connectivity index (χ4n) is 4.65. The summed E-state index contributed by atoms with van der Waals surface area (Å²) in [6.07, 6.45) is 3.43. The van der Waals surface area contributed by atoms with E-state index in [1.165, 1.54) is 11.8 Å². The van der Waals surface area contributed by atoms with Crippen molar-refractivity contribution in [1.82, 2.24) is 15.1 Å². The molecule has 2 unspecified atom stereocenters. The second-order valence-corrected chi connectivity index (χ2v) is 10.9. The number of ether oxygens (including phenoxy) is 1. The Morgan fingerprint density at radius 2 is 2.03 bits per heavy atom. The quantitative estimate of drug-likeness (QED) is 0.546. The molecule has 160 valence electrons. The number of sulfone groups is 1. The number of guanidine groups is 1. The van der Waals surface area contributed by atoms with Crippen molar-refractivity contribution in [1.29, 1.82) is 0 Å². The molecule has 2 heterocycles. The largest absolute Gasteiger partial charge is 0.373 e. The normalized spacial score (nSPS) is 27.0. The van der Waals surface area contributed by atoms with Crippen molar-refractivity contribution in [2.45, 2.75) is 31.5 Å². The Kier molecular flexibility index (Phi) is 5.86. The molecule has 3 aliphatic rings. The number of benzene rings is 1. The smallest absolute Gasteiger partial charge is 0.193 e. The molecule has 7 nitrogen and oxygen atoms in total. The zero-order valence-corrected chi connectivity index (χ0v) is 18.2. The minimum atomic E-state index is -2.97. The van der Waals surface area contributed by atoms with Gasteiger partial charge in [0.15, 0.2) is 5.96 Å². The summed E-state index contributed by atoms with van der Waals surface area (Å²) >= 11 is 0. The molecular weight excluding hydrogens is 388 g/mol. The van der Waals surface area contributed by atoms with Crippen LogP contribution in [0.2, 0.25) is 0 Å². The lowest BCUT2D eigenvalue weighted by atomic mass is 10.1. The molecule has 4 rings (SSSR count). The average Bonchev–Trinajstić information content (AvgIpc) is 3.27. The summed E-state index contributed by atoms with van der Waals surface area (Å²) in [7, 11) is -1.17. The maximum absolute atomic E-state index is 11.7. The molecule has 0 amide bonds. The van der Waals surface area contributed by atoms with E-state index in [0.717, 1.165) is 51.6 Å². The van der Waals surface area contributed by atoms with E-state index in [4.69, 9.17) is 4.74 Å². The van der Waals surface area contributed by atoms with Crippen LogP contribution in [0.1, 0.15) is 18.4 Å². The van der Waals surface area contributed by atoms with Crippen molar-refractivity contribution in [3.8, 4) is 0 Å². The molecule has 1 aromatic carbocycles. The number of nitrogens with zero attached hydrogens (tertiary/aromatic N) is 3. The Morgan fingerprint density at radius 1 is 1.28 bits per heavy atom. The maximum Gasteiger partial charge on any atom is 0.193 e. The van der Waals surface area contributed by atoms with Crippen molar-refractivity contribution in [3.05, 3.63) is 35.9 Å². The van der Waals surface area contributed by atoms with Gasteiger partial charge < -0.3 is 15.0 Å². The Morgan fingerprint density at radius 3 is 2.69 bits per heavy atom. The van der Waals surface area contributed by atoms with E-state index in [2.05, 4.69) is 50.4 Å². The summed E-state index contributed by atoms with van der Waals surface area (Å²) in [4.78, 5) is 9.25. The third-order valence-electron chi connectivity index (χ3n) is 6.30. The van der Waals surface area contributed by atoms with Crippen LogP contribution in [0.15, 0.2) is 35.3 Å². The van der Waals surface area contributed by atoms with Crippen LogP contribution >= 0.6 is 0 Å². The van der Waals surface area contributed by atoms with Gasteiger partial charge in [-0.15, -0.1) is 0 Å². The number of hydrogen-bond acceptors (Lipinski definition) is 5. The van der Waals surface area contributed by atoms with Gasteiger partial charge in [-0.05, 0) is 18.4 Å². The second kappa shape index (κ2) is 8.24. The first-order valence-corrected chi connectivity index (χ1v) is 12.5. The highest BCUT2D eigenvalue weighted by Crippen LogP contribution is 2.46. The lowest BCUT2D eigenvalue weighted by Gasteiger charge is -2.36. The predicted molar refractivity (Wildman–Crippen MR) is 115 cm³/mol. The summed E-state index contributed by atoms with van der Waals surface area (Å²) in [5.74, 6) is 1.10. The van der Waals surface area contributed by atoms with Gasteiger partial charge in [0.2, 0.25) is 0 Å². The molecule has 1 aromatic rings. The number of hydrogen-bond donors (Lipinski definition) is 1. The summed E-state index contributed by atoms with van der Waals surface area (Å²) in [6, 6.07) is 10.9. The van der Waals surface area contributed by atoms with Crippen molar-refractivity contribution >= 4 is 15.8 Å². The van der Waals surface area contributed by atoms with Gasteiger partial charge in [0.25, 0.3) is 0 Å². The molecular formula is C21H32N4O3S. The molecule has 0 spiro atoms. The molecule has 8 heteroatoms. The number of rotatable bonds is 6. The van der Waals surface area contributed by atoms with Crippen molar-refractivity contribution in [2.75, 3.05) is 51.8 Å². The minimum Gasteiger partial charge on any atom is -0.373 e. The zero-order valence-electron chi connectivity index (χ0n) is 17.4. The molecule has 2 aliphatic heterocycles. The average molecular weight is 421 g/mol. The topological polar surface area (TPSA) is 74.2 Å². The third-order valence-corrected chi connectivity index (χ3v) is 7.44. The highest BCUT2D eigenvalue weighted by atomic mass is 32.2. The van der Waals surface area contributed by atoms with Crippen LogP contribution in [-0.2, 0) is 21.1 Å². The maximum atomic E-state index is 11.7.